The molecule has 6 heteroatoms. The Labute approximate surface area is 130 Å². The molecular formula is C16H23NO5. The minimum Gasteiger partial charge on any atom is -0.459 e. The molecule has 2 N–H and O–H groups in total. The number of nitrogens with one attached hydrogen (secondary N) is 1. The highest BCUT2D eigenvalue weighted by molar-refractivity contribution is 5.82. The maximum absolute atomic E-state index is 12.0. The van der Waals surface area contributed by atoms with Crippen LogP contribution >= 0.6 is 0 Å². The van der Waals surface area contributed by atoms with Crippen molar-refractivity contribution >= 4 is 12.1 Å². The molecule has 1 aromatic carbocycles. The lowest BCUT2D eigenvalue weighted by molar-refractivity contribution is -0.150. The van der Waals surface area contributed by atoms with E-state index in [4.69, 9.17) is 9.47 Å². The van der Waals surface area contributed by atoms with Gasteiger partial charge in [-0.05, 0) is 33.3 Å². The molecule has 0 fully saturated rings. The number of ether oxygens (including phenoxy) is 2. The van der Waals surface area contributed by atoms with Crippen LogP contribution in [-0.4, -0.2) is 34.9 Å². The van der Waals surface area contributed by atoms with E-state index in [0.717, 1.165) is 5.56 Å². The van der Waals surface area contributed by atoms with Gasteiger partial charge in [0.15, 0.2) is 6.04 Å². The summed E-state index contributed by atoms with van der Waals surface area (Å²) >= 11 is 0. The van der Waals surface area contributed by atoms with Crippen LogP contribution in [0.2, 0.25) is 0 Å². The Morgan fingerprint density at radius 3 is 2.32 bits per heavy atom. The van der Waals surface area contributed by atoms with Crippen LogP contribution in [0.25, 0.3) is 0 Å². The van der Waals surface area contributed by atoms with E-state index in [1.807, 2.05) is 30.3 Å². The maximum Gasteiger partial charge on any atom is 0.408 e. The van der Waals surface area contributed by atoms with Crippen LogP contribution in [0.3, 0.4) is 0 Å². The molecule has 0 aliphatic carbocycles. The molecule has 6 nitrogen and oxygen atoms in total. The van der Waals surface area contributed by atoms with Crippen LogP contribution in [-0.2, 0) is 20.9 Å². The van der Waals surface area contributed by atoms with E-state index >= 15 is 0 Å². The van der Waals surface area contributed by atoms with Crippen LogP contribution in [0.5, 0.6) is 0 Å². The second kappa shape index (κ2) is 7.79. The second-order valence-electron chi connectivity index (χ2n) is 5.96. The Bertz CT molecular complexity index is 493. The third-order valence-corrected chi connectivity index (χ3v) is 2.63. The quantitative estimate of drug-likeness (QED) is 0.813. The maximum atomic E-state index is 12.0. The molecular weight excluding hydrogens is 286 g/mol. The fourth-order valence-electron chi connectivity index (χ4n) is 1.63. The smallest absolute Gasteiger partial charge is 0.408 e. The number of alkyl carbamates (subject to hydrolysis) is 1. The predicted octanol–water partition coefficient (Wildman–Crippen LogP) is 2.00. The number of amides is 1. The van der Waals surface area contributed by atoms with Gasteiger partial charge in [-0.15, -0.1) is 0 Å². The number of esters is 1. The Kier molecular flexibility index (Phi) is 6.37. The number of benzene rings is 1. The molecule has 122 valence electrons. The lowest BCUT2D eigenvalue weighted by Crippen LogP contribution is -2.49. The summed E-state index contributed by atoms with van der Waals surface area (Å²) in [5, 5.41) is 12.0. The molecule has 0 aromatic heterocycles. The van der Waals surface area contributed by atoms with Crippen molar-refractivity contribution in [2.45, 2.75) is 52.0 Å². The van der Waals surface area contributed by atoms with Crippen molar-refractivity contribution in [2.24, 2.45) is 0 Å². The predicted molar refractivity (Wildman–Crippen MR) is 81.1 cm³/mol. The monoisotopic (exact) mass is 309 g/mol. The zero-order chi connectivity index (χ0) is 16.8. The number of carbonyl (C=O) groups is 2. The Balaban J connectivity index is 2.58. The summed E-state index contributed by atoms with van der Waals surface area (Å²) in [7, 11) is 0. The normalized spacial score (nSPS) is 13.9. The highest BCUT2D eigenvalue weighted by Gasteiger charge is 2.29. The van der Waals surface area contributed by atoms with E-state index in [9.17, 15) is 14.7 Å². The SMILES string of the molecule is CC(O)[C@H](NC(=O)OC(C)(C)C)C(=O)OCc1ccccc1. The highest BCUT2D eigenvalue weighted by Crippen LogP contribution is 2.08. The average Bonchev–Trinajstić information content (AvgIpc) is 2.41. The van der Waals surface area contributed by atoms with Crippen LogP contribution in [0.4, 0.5) is 4.79 Å². The minimum absolute atomic E-state index is 0.0683. The number of aliphatic hydroxyl groups is 1. The van der Waals surface area contributed by atoms with Crippen LogP contribution < -0.4 is 5.32 Å². The zero-order valence-electron chi connectivity index (χ0n) is 13.3. The summed E-state index contributed by atoms with van der Waals surface area (Å²) in [5.74, 6) is -0.718. The topological polar surface area (TPSA) is 84.9 Å². The summed E-state index contributed by atoms with van der Waals surface area (Å²) in [4.78, 5) is 23.7. The molecule has 1 unspecified atom stereocenters. The summed E-state index contributed by atoms with van der Waals surface area (Å²) < 4.78 is 10.2. The summed E-state index contributed by atoms with van der Waals surface area (Å²) in [6.07, 6.45) is -1.88. The van der Waals surface area contributed by atoms with Crippen LogP contribution in [0, 0.1) is 0 Å². The van der Waals surface area contributed by atoms with Crippen molar-refractivity contribution in [2.75, 3.05) is 0 Å². The number of aliphatic hydroxyl groups excluding tert-OH is 1. The van der Waals surface area contributed by atoms with Gasteiger partial charge < -0.3 is 19.9 Å². The van der Waals surface area contributed by atoms with E-state index in [1.54, 1.807) is 20.8 Å². The van der Waals surface area contributed by atoms with Gasteiger partial charge in [-0.25, -0.2) is 9.59 Å². The third kappa shape index (κ3) is 6.58. The Morgan fingerprint density at radius 2 is 1.82 bits per heavy atom. The molecule has 1 amide bonds. The molecule has 0 heterocycles. The number of hydrogen-bond acceptors (Lipinski definition) is 5. The van der Waals surface area contributed by atoms with Crippen molar-refractivity contribution in [1.82, 2.24) is 5.32 Å². The minimum atomic E-state index is -1.18. The fraction of sp³-hybridized carbons (Fsp3) is 0.500. The van der Waals surface area contributed by atoms with Crippen LogP contribution in [0.15, 0.2) is 30.3 Å². The summed E-state index contributed by atoms with van der Waals surface area (Å²) in [6, 6.07) is 7.95. The standard InChI is InChI=1S/C16H23NO5/c1-11(18)13(17-15(20)22-16(2,3)4)14(19)21-10-12-8-6-5-7-9-12/h5-9,11,13,18H,10H2,1-4H3,(H,17,20)/t11?,13-/m0/s1. The number of rotatable bonds is 5. The van der Waals surface area contributed by atoms with Gasteiger partial charge in [0.1, 0.15) is 12.2 Å². The van der Waals surface area contributed by atoms with Crippen molar-refractivity contribution in [1.29, 1.82) is 0 Å². The van der Waals surface area contributed by atoms with Gasteiger partial charge in [-0.3, -0.25) is 0 Å². The van der Waals surface area contributed by atoms with E-state index in [2.05, 4.69) is 5.32 Å². The van der Waals surface area contributed by atoms with Gasteiger partial charge >= 0.3 is 12.1 Å². The molecule has 2 atom stereocenters. The molecule has 0 spiro atoms. The Hall–Kier alpha value is -2.08. The first-order valence-corrected chi connectivity index (χ1v) is 7.07. The molecule has 0 aliphatic heterocycles. The molecule has 0 radical (unpaired) electrons. The van der Waals surface area contributed by atoms with Gasteiger partial charge in [-0.1, -0.05) is 30.3 Å². The van der Waals surface area contributed by atoms with Gasteiger partial charge in [0, 0.05) is 0 Å². The van der Waals surface area contributed by atoms with Crippen molar-refractivity contribution in [3.63, 3.8) is 0 Å². The van der Waals surface area contributed by atoms with E-state index < -0.39 is 29.8 Å². The van der Waals surface area contributed by atoms with Crippen molar-refractivity contribution in [3.8, 4) is 0 Å². The molecule has 0 aliphatic rings. The molecule has 0 saturated heterocycles. The van der Waals surface area contributed by atoms with Gasteiger partial charge in [-0.2, -0.15) is 0 Å². The summed E-state index contributed by atoms with van der Waals surface area (Å²) in [5.41, 5.74) is 0.124. The zero-order valence-corrected chi connectivity index (χ0v) is 13.3. The molecule has 0 saturated carbocycles. The third-order valence-electron chi connectivity index (χ3n) is 2.63. The average molecular weight is 309 g/mol. The van der Waals surface area contributed by atoms with E-state index in [1.165, 1.54) is 6.92 Å². The number of carbonyl (C=O) groups excluding carboxylic acids is 2. The van der Waals surface area contributed by atoms with E-state index in [-0.39, 0.29) is 6.61 Å². The second-order valence-corrected chi connectivity index (χ2v) is 5.96. The first kappa shape index (κ1) is 18.0. The molecule has 1 aromatic rings. The first-order valence-electron chi connectivity index (χ1n) is 7.07. The molecule has 0 bridgehead atoms. The lowest BCUT2D eigenvalue weighted by Gasteiger charge is -2.24. The summed E-state index contributed by atoms with van der Waals surface area (Å²) in [6.45, 7) is 6.58. The fourth-order valence-corrected chi connectivity index (χ4v) is 1.63. The largest absolute Gasteiger partial charge is 0.459 e. The Morgan fingerprint density at radius 1 is 1.23 bits per heavy atom. The van der Waals surface area contributed by atoms with Gasteiger partial charge in [0.05, 0.1) is 6.10 Å². The first-order chi connectivity index (χ1) is 10.2. The van der Waals surface area contributed by atoms with E-state index in [0.29, 0.717) is 0 Å². The van der Waals surface area contributed by atoms with Crippen molar-refractivity contribution < 1.29 is 24.2 Å². The highest BCUT2D eigenvalue weighted by atomic mass is 16.6. The van der Waals surface area contributed by atoms with Crippen molar-refractivity contribution in [3.05, 3.63) is 35.9 Å². The van der Waals surface area contributed by atoms with Gasteiger partial charge in [0.2, 0.25) is 0 Å². The number of hydrogen-bond donors (Lipinski definition) is 2. The van der Waals surface area contributed by atoms with Crippen LogP contribution in [0.1, 0.15) is 33.3 Å². The van der Waals surface area contributed by atoms with Gasteiger partial charge in [0.25, 0.3) is 0 Å². The lowest BCUT2D eigenvalue weighted by atomic mass is 10.2. The molecule has 1 rings (SSSR count). The molecule has 22 heavy (non-hydrogen) atoms.